The first kappa shape index (κ1) is 20.7. The lowest BCUT2D eigenvalue weighted by molar-refractivity contribution is -0.130. The van der Waals surface area contributed by atoms with Crippen LogP contribution < -0.4 is 10.6 Å². The minimum absolute atomic E-state index is 0.318. The number of furan rings is 1. The molecule has 1 amide bonds. The molecule has 3 rings (SSSR count). The van der Waals surface area contributed by atoms with E-state index < -0.39 is 0 Å². The molecule has 1 saturated heterocycles. The Labute approximate surface area is 169 Å². The summed E-state index contributed by atoms with van der Waals surface area (Å²) in [5.74, 6) is 2.21. The Morgan fingerprint density at radius 3 is 2.86 bits per heavy atom. The van der Waals surface area contributed by atoms with Crippen LogP contribution in [-0.2, 0) is 11.2 Å². The lowest BCUT2D eigenvalue weighted by Crippen LogP contribution is -2.45. The quantitative estimate of drug-likeness (QED) is 0.406. The Bertz CT molecular complexity index is 594. The molecule has 1 saturated carbocycles. The van der Waals surface area contributed by atoms with Gasteiger partial charge in [0.2, 0.25) is 5.91 Å². The minimum Gasteiger partial charge on any atom is -0.469 e. The summed E-state index contributed by atoms with van der Waals surface area (Å²) in [4.78, 5) is 18.9. The average Bonchev–Trinajstić information content (AvgIpc) is 3.14. The van der Waals surface area contributed by atoms with Gasteiger partial charge in [-0.05, 0) is 44.2 Å². The largest absolute Gasteiger partial charge is 0.469 e. The molecule has 1 aliphatic heterocycles. The molecule has 0 radical (unpaired) electrons. The number of hydrogen-bond acceptors (Lipinski definition) is 3. The Balaban J connectivity index is 1.45. The molecule has 0 spiro atoms. The van der Waals surface area contributed by atoms with E-state index in [0.717, 1.165) is 63.6 Å². The number of amides is 1. The lowest BCUT2D eigenvalue weighted by Gasteiger charge is -2.25. The SMILES string of the molecule is O=C1CCCCCN1CCCN=C(NCCc1ccco1)NC1CCCCC1. The third-order valence-corrected chi connectivity index (χ3v) is 5.72. The monoisotopic (exact) mass is 388 g/mol. The average molecular weight is 389 g/mol. The van der Waals surface area contributed by atoms with Gasteiger partial charge in [-0.25, -0.2) is 0 Å². The van der Waals surface area contributed by atoms with Crippen LogP contribution in [0.3, 0.4) is 0 Å². The summed E-state index contributed by atoms with van der Waals surface area (Å²) < 4.78 is 5.41. The van der Waals surface area contributed by atoms with Crippen molar-refractivity contribution < 1.29 is 9.21 Å². The van der Waals surface area contributed by atoms with Gasteiger partial charge in [0.1, 0.15) is 5.76 Å². The van der Waals surface area contributed by atoms with Crippen molar-refractivity contribution in [2.75, 3.05) is 26.2 Å². The topological polar surface area (TPSA) is 69.9 Å². The van der Waals surface area contributed by atoms with Gasteiger partial charge in [0.25, 0.3) is 0 Å². The number of nitrogens with zero attached hydrogens (tertiary/aromatic N) is 2. The summed E-state index contributed by atoms with van der Waals surface area (Å²) in [6.07, 6.45) is 13.9. The van der Waals surface area contributed by atoms with E-state index in [9.17, 15) is 4.79 Å². The standard InChI is InChI=1S/C22H36N4O2/c27-21-12-5-2-6-16-26(21)17-8-14-23-22(25-19-9-3-1-4-10-19)24-15-13-20-11-7-18-28-20/h7,11,18-19H,1-6,8-10,12-17H2,(H2,23,24,25). The maximum atomic E-state index is 12.1. The van der Waals surface area contributed by atoms with Crippen LogP contribution in [0.2, 0.25) is 0 Å². The lowest BCUT2D eigenvalue weighted by atomic mass is 9.96. The molecule has 0 atom stereocenters. The van der Waals surface area contributed by atoms with Crippen molar-refractivity contribution in [3.8, 4) is 0 Å². The van der Waals surface area contributed by atoms with Crippen LogP contribution in [0.4, 0.5) is 0 Å². The van der Waals surface area contributed by atoms with E-state index in [1.807, 2.05) is 17.0 Å². The Morgan fingerprint density at radius 2 is 2.04 bits per heavy atom. The van der Waals surface area contributed by atoms with E-state index in [1.54, 1.807) is 6.26 Å². The smallest absolute Gasteiger partial charge is 0.222 e. The van der Waals surface area contributed by atoms with Crippen molar-refractivity contribution in [3.05, 3.63) is 24.2 Å². The highest BCUT2D eigenvalue weighted by Gasteiger charge is 2.16. The number of aliphatic imine (C=N–C) groups is 1. The van der Waals surface area contributed by atoms with Gasteiger partial charge in [-0.1, -0.05) is 25.7 Å². The molecule has 28 heavy (non-hydrogen) atoms. The fraction of sp³-hybridized carbons (Fsp3) is 0.727. The van der Waals surface area contributed by atoms with Gasteiger partial charge < -0.3 is 20.0 Å². The third kappa shape index (κ3) is 7.21. The molecule has 0 aromatic carbocycles. The maximum Gasteiger partial charge on any atom is 0.222 e. The first-order chi connectivity index (χ1) is 13.8. The van der Waals surface area contributed by atoms with Crippen LogP contribution in [0.15, 0.2) is 27.8 Å². The van der Waals surface area contributed by atoms with Crippen molar-refractivity contribution in [2.24, 2.45) is 4.99 Å². The summed E-state index contributed by atoms with van der Waals surface area (Å²) in [5.41, 5.74) is 0. The van der Waals surface area contributed by atoms with Crippen molar-refractivity contribution in [1.82, 2.24) is 15.5 Å². The number of rotatable bonds is 8. The van der Waals surface area contributed by atoms with Crippen molar-refractivity contribution in [3.63, 3.8) is 0 Å². The highest BCUT2D eigenvalue weighted by atomic mass is 16.3. The number of nitrogens with one attached hydrogen (secondary N) is 2. The number of carbonyl (C=O) groups excluding carboxylic acids is 1. The summed E-state index contributed by atoms with van der Waals surface area (Å²) in [6, 6.07) is 4.45. The maximum absolute atomic E-state index is 12.1. The summed E-state index contributed by atoms with van der Waals surface area (Å²) in [5, 5.41) is 7.08. The molecule has 1 aliphatic carbocycles. The van der Waals surface area contributed by atoms with Gasteiger partial charge in [-0.15, -0.1) is 0 Å². The second-order valence-corrected chi connectivity index (χ2v) is 8.01. The van der Waals surface area contributed by atoms with Gasteiger partial charge in [0.05, 0.1) is 6.26 Å². The zero-order valence-corrected chi connectivity index (χ0v) is 17.1. The Hall–Kier alpha value is -1.98. The van der Waals surface area contributed by atoms with Crippen molar-refractivity contribution in [2.45, 2.75) is 76.7 Å². The zero-order chi connectivity index (χ0) is 19.4. The van der Waals surface area contributed by atoms with Gasteiger partial charge in [-0.2, -0.15) is 0 Å². The molecule has 156 valence electrons. The van der Waals surface area contributed by atoms with Crippen LogP contribution in [-0.4, -0.2) is 49.0 Å². The van der Waals surface area contributed by atoms with Crippen LogP contribution in [0.25, 0.3) is 0 Å². The van der Waals surface area contributed by atoms with E-state index in [0.29, 0.717) is 18.4 Å². The van der Waals surface area contributed by atoms with Crippen LogP contribution in [0.5, 0.6) is 0 Å². The summed E-state index contributed by atoms with van der Waals surface area (Å²) in [6.45, 7) is 3.28. The molecule has 1 aromatic heterocycles. The summed E-state index contributed by atoms with van der Waals surface area (Å²) >= 11 is 0. The van der Waals surface area contributed by atoms with Gasteiger partial charge >= 0.3 is 0 Å². The highest BCUT2D eigenvalue weighted by Crippen LogP contribution is 2.17. The molecule has 6 heteroatoms. The van der Waals surface area contributed by atoms with Crippen LogP contribution in [0.1, 0.15) is 70.0 Å². The molecule has 6 nitrogen and oxygen atoms in total. The van der Waals surface area contributed by atoms with E-state index in [2.05, 4.69) is 10.6 Å². The molecule has 1 aromatic rings. The molecule has 2 heterocycles. The fourth-order valence-corrected chi connectivity index (χ4v) is 4.08. The molecular formula is C22H36N4O2. The number of likely N-dealkylation sites (tertiary alicyclic amines) is 1. The first-order valence-corrected chi connectivity index (χ1v) is 11.2. The predicted octanol–water partition coefficient (Wildman–Crippen LogP) is 3.48. The Kier molecular flexibility index (Phi) is 8.72. The van der Waals surface area contributed by atoms with Gasteiger partial charge in [-0.3, -0.25) is 9.79 Å². The second-order valence-electron chi connectivity index (χ2n) is 8.01. The molecule has 2 fully saturated rings. The molecule has 0 unspecified atom stereocenters. The first-order valence-electron chi connectivity index (χ1n) is 11.2. The van der Waals surface area contributed by atoms with E-state index in [-0.39, 0.29) is 0 Å². The number of guanidine groups is 1. The Morgan fingerprint density at radius 1 is 1.18 bits per heavy atom. The van der Waals surface area contributed by atoms with E-state index in [4.69, 9.17) is 9.41 Å². The van der Waals surface area contributed by atoms with E-state index >= 15 is 0 Å². The number of hydrogen-bond donors (Lipinski definition) is 2. The van der Waals surface area contributed by atoms with Crippen LogP contribution >= 0.6 is 0 Å². The second kappa shape index (κ2) is 11.8. The van der Waals surface area contributed by atoms with Crippen LogP contribution in [0, 0.1) is 0 Å². The minimum atomic E-state index is 0.318. The fourth-order valence-electron chi connectivity index (χ4n) is 4.08. The van der Waals surface area contributed by atoms with Crippen molar-refractivity contribution >= 4 is 11.9 Å². The van der Waals surface area contributed by atoms with Gasteiger partial charge in [0, 0.05) is 45.1 Å². The number of carbonyl (C=O) groups is 1. The molecular weight excluding hydrogens is 352 g/mol. The molecule has 2 N–H and O–H groups in total. The molecule has 2 aliphatic rings. The zero-order valence-electron chi connectivity index (χ0n) is 17.1. The normalized spacial score (nSPS) is 19.5. The van der Waals surface area contributed by atoms with Gasteiger partial charge in [0.15, 0.2) is 5.96 Å². The molecule has 0 bridgehead atoms. The van der Waals surface area contributed by atoms with E-state index in [1.165, 1.54) is 38.5 Å². The summed E-state index contributed by atoms with van der Waals surface area (Å²) in [7, 11) is 0. The highest BCUT2D eigenvalue weighted by molar-refractivity contribution is 5.80. The van der Waals surface area contributed by atoms with Crippen molar-refractivity contribution in [1.29, 1.82) is 0 Å². The third-order valence-electron chi connectivity index (χ3n) is 5.72. The predicted molar refractivity (Wildman–Crippen MR) is 112 cm³/mol.